The summed E-state index contributed by atoms with van der Waals surface area (Å²) in [7, 11) is 0. The lowest BCUT2D eigenvalue weighted by atomic mass is 10.2. The highest BCUT2D eigenvalue weighted by molar-refractivity contribution is 5.71. The third-order valence-corrected chi connectivity index (χ3v) is 2.49. The van der Waals surface area contributed by atoms with Gasteiger partial charge in [-0.3, -0.25) is 9.69 Å². The van der Waals surface area contributed by atoms with Crippen LogP contribution < -0.4 is 11.5 Å². The zero-order chi connectivity index (χ0) is 13.2. The lowest BCUT2D eigenvalue weighted by Crippen LogP contribution is -2.38. The number of carbonyl (C=O) groups excluding carboxylic acids is 1. The Bertz CT molecular complexity index is 337. The molecule has 18 heavy (non-hydrogen) atoms. The van der Waals surface area contributed by atoms with Crippen molar-refractivity contribution in [2.45, 2.75) is 6.61 Å². The van der Waals surface area contributed by atoms with Crippen LogP contribution in [0.4, 0.5) is 0 Å². The number of benzene rings is 1. The molecule has 5 nitrogen and oxygen atoms in total. The van der Waals surface area contributed by atoms with E-state index in [1.807, 2.05) is 35.2 Å². The molecule has 1 aromatic rings. The second-order valence-electron chi connectivity index (χ2n) is 4.00. The Kier molecular flexibility index (Phi) is 7.01. The molecule has 0 unspecified atom stereocenters. The summed E-state index contributed by atoms with van der Waals surface area (Å²) in [5, 5.41) is 0. The van der Waals surface area contributed by atoms with E-state index in [-0.39, 0.29) is 12.5 Å². The smallest absolute Gasteiger partial charge is 0.320 e. The third-order valence-electron chi connectivity index (χ3n) is 2.49. The number of nitrogens with two attached hydrogens (primary N) is 2. The topological polar surface area (TPSA) is 81.6 Å². The van der Waals surface area contributed by atoms with Gasteiger partial charge in [0.05, 0.1) is 6.54 Å². The maximum absolute atomic E-state index is 11.6. The third kappa shape index (κ3) is 5.77. The quantitative estimate of drug-likeness (QED) is 0.633. The van der Waals surface area contributed by atoms with E-state index >= 15 is 0 Å². The van der Waals surface area contributed by atoms with Crippen molar-refractivity contribution >= 4 is 5.97 Å². The van der Waals surface area contributed by atoms with Gasteiger partial charge in [-0.2, -0.15) is 0 Å². The van der Waals surface area contributed by atoms with Gasteiger partial charge in [-0.15, -0.1) is 0 Å². The van der Waals surface area contributed by atoms with Crippen molar-refractivity contribution in [3.63, 3.8) is 0 Å². The Morgan fingerprint density at radius 2 is 1.72 bits per heavy atom. The summed E-state index contributed by atoms with van der Waals surface area (Å²) in [6, 6.07) is 9.60. The minimum Gasteiger partial charge on any atom is -0.460 e. The number of rotatable bonds is 8. The molecule has 0 heterocycles. The van der Waals surface area contributed by atoms with E-state index in [0.717, 1.165) is 5.56 Å². The molecular formula is C13H21N3O2. The zero-order valence-corrected chi connectivity index (χ0v) is 10.5. The minimum atomic E-state index is -0.249. The maximum atomic E-state index is 11.6. The Morgan fingerprint density at radius 1 is 1.11 bits per heavy atom. The van der Waals surface area contributed by atoms with E-state index in [0.29, 0.717) is 32.8 Å². The SMILES string of the molecule is NCCN(CCN)CC(=O)OCc1ccccc1. The number of ether oxygens (including phenoxy) is 1. The first-order chi connectivity index (χ1) is 8.76. The Morgan fingerprint density at radius 3 is 2.28 bits per heavy atom. The molecule has 0 radical (unpaired) electrons. The fourth-order valence-corrected chi connectivity index (χ4v) is 1.60. The van der Waals surface area contributed by atoms with E-state index in [9.17, 15) is 4.79 Å². The molecule has 1 aromatic carbocycles. The normalized spacial score (nSPS) is 10.6. The molecule has 1 rings (SSSR count). The molecule has 0 spiro atoms. The molecule has 0 amide bonds. The van der Waals surface area contributed by atoms with Crippen molar-refractivity contribution in [3.05, 3.63) is 35.9 Å². The first-order valence-corrected chi connectivity index (χ1v) is 6.08. The fraction of sp³-hybridized carbons (Fsp3) is 0.462. The second kappa shape index (κ2) is 8.63. The number of esters is 1. The molecule has 0 atom stereocenters. The molecule has 100 valence electrons. The molecular weight excluding hydrogens is 230 g/mol. The van der Waals surface area contributed by atoms with E-state index in [1.165, 1.54) is 0 Å². The van der Waals surface area contributed by atoms with E-state index in [4.69, 9.17) is 16.2 Å². The van der Waals surface area contributed by atoms with Crippen LogP contribution in [0.5, 0.6) is 0 Å². The number of nitrogens with zero attached hydrogens (tertiary/aromatic N) is 1. The van der Waals surface area contributed by atoms with Crippen LogP contribution in [0.1, 0.15) is 5.56 Å². The number of carbonyl (C=O) groups is 1. The van der Waals surface area contributed by atoms with Gasteiger partial charge in [-0.05, 0) is 5.56 Å². The molecule has 0 aliphatic carbocycles. The van der Waals surface area contributed by atoms with Crippen molar-refractivity contribution in [1.82, 2.24) is 4.90 Å². The van der Waals surface area contributed by atoms with E-state index in [2.05, 4.69) is 0 Å². The van der Waals surface area contributed by atoms with Crippen LogP contribution in [-0.4, -0.2) is 43.6 Å². The minimum absolute atomic E-state index is 0.237. The summed E-state index contributed by atoms with van der Waals surface area (Å²) in [4.78, 5) is 13.5. The van der Waals surface area contributed by atoms with Gasteiger partial charge in [0, 0.05) is 26.2 Å². The highest BCUT2D eigenvalue weighted by atomic mass is 16.5. The van der Waals surface area contributed by atoms with Gasteiger partial charge < -0.3 is 16.2 Å². The summed E-state index contributed by atoms with van der Waals surface area (Å²) in [5.41, 5.74) is 11.9. The Balaban J connectivity index is 2.31. The van der Waals surface area contributed by atoms with Crippen molar-refractivity contribution < 1.29 is 9.53 Å². The Hall–Kier alpha value is -1.43. The fourth-order valence-electron chi connectivity index (χ4n) is 1.60. The summed E-state index contributed by atoms with van der Waals surface area (Å²) < 4.78 is 5.19. The summed E-state index contributed by atoms with van der Waals surface area (Å²) in [6.07, 6.45) is 0. The van der Waals surface area contributed by atoms with Gasteiger partial charge in [0.1, 0.15) is 6.61 Å². The average molecular weight is 251 g/mol. The standard InChI is InChI=1S/C13H21N3O2/c14-6-8-16(9-7-15)10-13(17)18-11-12-4-2-1-3-5-12/h1-5H,6-11,14-15H2. The molecule has 0 aromatic heterocycles. The van der Waals surface area contributed by atoms with Gasteiger partial charge >= 0.3 is 5.97 Å². The van der Waals surface area contributed by atoms with Crippen LogP contribution in [-0.2, 0) is 16.1 Å². The molecule has 0 aliphatic rings. The zero-order valence-electron chi connectivity index (χ0n) is 10.5. The van der Waals surface area contributed by atoms with E-state index < -0.39 is 0 Å². The van der Waals surface area contributed by atoms with Gasteiger partial charge in [0.25, 0.3) is 0 Å². The maximum Gasteiger partial charge on any atom is 0.320 e. The summed E-state index contributed by atoms with van der Waals surface area (Å²) in [6.45, 7) is 2.85. The molecule has 5 heteroatoms. The van der Waals surface area contributed by atoms with Crippen molar-refractivity contribution in [3.8, 4) is 0 Å². The van der Waals surface area contributed by atoms with Gasteiger partial charge in [0.15, 0.2) is 0 Å². The second-order valence-corrected chi connectivity index (χ2v) is 4.00. The van der Waals surface area contributed by atoms with Crippen molar-refractivity contribution in [2.75, 3.05) is 32.7 Å². The highest BCUT2D eigenvalue weighted by Gasteiger charge is 2.10. The first kappa shape index (κ1) is 14.6. The molecule has 0 bridgehead atoms. The highest BCUT2D eigenvalue weighted by Crippen LogP contribution is 2.01. The van der Waals surface area contributed by atoms with Crippen LogP contribution in [0.15, 0.2) is 30.3 Å². The summed E-state index contributed by atoms with van der Waals surface area (Å²) in [5.74, 6) is -0.249. The number of hydrogen-bond acceptors (Lipinski definition) is 5. The van der Waals surface area contributed by atoms with Crippen LogP contribution >= 0.6 is 0 Å². The van der Waals surface area contributed by atoms with Crippen LogP contribution in [0.25, 0.3) is 0 Å². The number of hydrogen-bond donors (Lipinski definition) is 2. The first-order valence-electron chi connectivity index (χ1n) is 6.08. The largest absolute Gasteiger partial charge is 0.460 e. The Labute approximate surface area is 108 Å². The lowest BCUT2D eigenvalue weighted by Gasteiger charge is -2.19. The predicted molar refractivity (Wildman–Crippen MR) is 70.8 cm³/mol. The van der Waals surface area contributed by atoms with Crippen LogP contribution in [0, 0.1) is 0 Å². The monoisotopic (exact) mass is 251 g/mol. The molecule has 0 fully saturated rings. The summed E-state index contributed by atoms with van der Waals surface area (Å²) >= 11 is 0. The average Bonchev–Trinajstić information content (AvgIpc) is 2.38. The van der Waals surface area contributed by atoms with Gasteiger partial charge in [-0.25, -0.2) is 0 Å². The van der Waals surface area contributed by atoms with E-state index in [1.54, 1.807) is 0 Å². The van der Waals surface area contributed by atoms with Crippen LogP contribution in [0.3, 0.4) is 0 Å². The van der Waals surface area contributed by atoms with Crippen LogP contribution in [0.2, 0.25) is 0 Å². The van der Waals surface area contributed by atoms with Gasteiger partial charge in [-0.1, -0.05) is 30.3 Å². The van der Waals surface area contributed by atoms with Gasteiger partial charge in [0.2, 0.25) is 0 Å². The van der Waals surface area contributed by atoms with Crippen molar-refractivity contribution in [2.24, 2.45) is 11.5 Å². The molecule has 0 aliphatic heterocycles. The molecule has 0 saturated carbocycles. The predicted octanol–water partition coefficient (Wildman–Crippen LogP) is -0.0508. The lowest BCUT2D eigenvalue weighted by molar-refractivity contribution is -0.146. The molecule has 0 saturated heterocycles. The molecule has 4 N–H and O–H groups in total. The van der Waals surface area contributed by atoms with Crippen molar-refractivity contribution in [1.29, 1.82) is 0 Å².